The van der Waals surface area contributed by atoms with Crippen molar-refractivity contribution in [1.82, 2.24) is 4.90 Å². The zero-order valence-corrected chi connectivity index (χ0v) is 10.8. The Morgan fingerprint density at radius 1 is 1.05 bits per heavy atom. The van der Waals surface area contributed by atoms with E-state index in [2.05, 4.69) is 0 Å². The molecule has 0 aromatic carbocycles. The molecule has 2 aliphatic heterocycles. The maximum atomic E-state index is 9.79. The van der Waals surface area contributed by atoms with E-state index < -0.39 is 5.54 Å². The first-order valence-electron chi connectivity index (χ1n) is 6.53. The van der Waals surface area contributed by atoms with Crippen LogP contribution >= 0.6 is 0 Å². The molecule has 2 aromatic rings. The Hall–Kier alpha value is -1.60. The topological polar surface area (TPSA) is 68.2 Å². The second-order valence-electron chi connectivity index (χ2n) is 5.15. The lowest BCUT2D eigenvalue weighted by Crippen LogP contribution is -2.47. The molecule has 0 unspecified atom stereocenters. The number of aliphatic hydroxyl groups excluding tert-OH is 1. The van der Waals surface area contributed by atoms with Crippen molar-refractivity contribution in [2.75, 3.05) is 19.8 Å². The molecule has 0 saturated carbocycles. The van der Waals surface area contributed by atoms with Crippen LogP contribution in [0.3, 0.4) is 0 Å². The average Bonchev–Trinajstić information content (AvgIpc) is 3.22. The van der Waals surface area contributed by atoms with Crippen LogP contribution in [0.2, 0.25) is 0 Å². The van der Waals surface area contributed by atoms with Gasteiger partial charge in [0.25, 0.3) is 0 Å². The fourth-order valence-electron chi connectivity index (χ4n) is 2.91. The first-order valence-corrected chi connectivity index (χ1v) is 6.53. The van der Waals surface area contributed by atoms with E-state index in [4.69, 9.17) is 18.3 Å². The number of ether oxygens (including phenoxy) is 2. The molecule has 4 rings (SSSR count). The van der Waals surface area contributed by atoms with E-state index in [-0.39, 0.29) is 19.1 Å². The van der Waals surface area contributed by atoms with Gasteiger partial charge in [0.15, 0.2) is 12.5 Å². The quantitative estimate of drug-likeness (QED) is 0.920. The maximum absolute atomic E-state index is 9.79. The van der Waals surface area contributed by atoms with Gasteiger partial charge in [0.1, 0.15) is 11.5 Å². The van der Waals surface area contributed by atoms with Crippen LogP contribution in [0.25, 0.3) is 0 Å². The largest absolute Gasteiger partial charge is 0.465 e. The van der Waals surface area contributed by atoms with Gasteiger partial charge < -0.3 is 23.4 Å². The van der Waals surface area contributed by atoms with Crippen LogP contribution in [0, 0.1) is 0 Å². The minimum Gasteiger partial charge on any atom is -0.465 e. The second kappa shape index (κ2) is 4.46. The highest BCUT2D eigenvalue weighted by Gasteiger charge is 2.58. The number of fused-ring (bicyclic) bond motifs is 1. The van der Waals surface area contributed by atoms with Gasteiger partial charge in [-0.25, -0.2) is 4.90 Å². The van der Waals surface area contributed by atoms with Gasteiger partial charge in [-0.05, 0) is 24.3 Å². The summed E-state index contributed by atoms with van der Waals surface area (Å²) in [7, 11) is 0. The molecule has 1 N–H and O–H groups in total. The SMILES string of the molecule is OCC12CO[C@H](c3ccco3)N1[C@@H](c1ccco1)OC2. The van der Waals surface area contributed by atoms with E-state index in [1.54, 1.807) is 12.5 Å². The molecule has 2 saturated heterocycles. The van der Waals surface area contributed by atoms with Crippen molar-refractivity contribution in [1.29, 1.82) is 0 Å². The summed E-state index contributed by atoms with van der Waals surface area (Å²) in [5.74, 6) is 1.39. The Balaban J connectivity index is 1.74. The van der Waals surface area contributed by atoms with Gasteiger partial charge in [0, 0.05) is 0 Å². The monoisotopic (exact) mass is 277 g/mol. The average molecular weight is 277 g/mol. The molecular weight excluding hydrogens is 262 g/mol. The lowest BCUT2D eigenvalue weighted by molar-refractivity contribution is -0.0799. The second-order valence-corrected chi connectivity index (χ2v) is 5.15. The van der Waals surface area contributed by atoms with Gasteiger partial charge in [-0.2, -0.15) is 0 Å². The summed E-state index contributed by atoms with van der Waals surface area (Å²) in [6, 6.07) is 7.35. The third-order valence-electron chi connectivity index (χ3n) is 3.94. The van der Waals surface area contributed by atoms with E-state index in [0.29, 0.717) is 24.7 Å². The normalized spacial score (nSPS) is 28.9. The summed E-state index contributed by atoms with van der Waals surface area (Å²) >= 11 is 0. The highest BCUT2D eigenvalue weighted by atomic mass is 16.6. The van der Waals surface area contributed by atoms with Crippen LogP contribution in [0.5, 0.6) is 0 Å². The lowest BCUT2D eigenvalue weighted by atomic mass is 10.0. The predicted octanol–water partition coefficient (Wildman–Crippen LogP) is 1.66. The van der Waals surface area contributed by atoms with Gasteiger partial charge in [-0.1, -0.05) is 0 Å². The summed E-state index contributed by atoms with van der Waals surface area (Å²) in [6.45, 7) is 0.750. The van der Waals surface area contributed by atoms with Crippen molar-refractivity contribution in [3.05, 3.63) is 48.3 Å². The molecule has 6 heteroatoms. The minimum atomic E-state index is -0.547. The molecule has 0 bridgehead atoms. The molecule has 0 spiro atoms. The van der Waals surface area contributed by atoms with Crippen LogP contribution in [-0.4, -0.2) is 35.4 Å². The molecule has 0 radical (unpaired) electrons. The third-order valence-corrected chi connectivity index (χ3v) is 3.94. The molecule has 6 nitrogen and oxygen atoms in total. The maximum Gasteiger partial charge on any atom is 0.172 e. The van der Waals surface area contributed by atoms with E-state index in [1.807, 2.05) is 29.2 Å². The van der Waals surface area contributed by atoms with E-state index in [1.165, 1.54) is 0 Å². The number of hydrogen-bond acceptors (Lipinski definition) is 6. The minimum absolute atomic E-state index is 0.0403. The number of furan rings is 2. The van der Waals surface area contributed by atoms with E-state index in [9.17, 15) is 5.11 Å². The Labute approximate surface area is 115 Å². The number of rotatable bonds is 3. The van der Waals surface area contributed by atoms with Gasteiger partial charge >= 0.3 is 0 Å². The van der Waals surface area contributed by atoms with Gasteiger partial charge in [0.2, 0.25) is 0 Å². The zero-order valence-electron chi connectivity index (χ0n) is 10.8. The van der Waals surface area contributed by atoms with Crippen LogP contribution in [0.1, 0.15) is 24.0 Å². The summed E-state index contributed by atoms with van der Waals surface area (Å²) in [5.41, 5.74) is -0.547. The van der Waals surface area contributed by atoms with Crippen LogP contribution < -0.4 is 0 Å². The standard InChI is InChI=1S/C14H15NO5/c16-7-14-8-19-12(10-3-1-5-17-10)15(14)13(20-9-14)11-4-2-6-18-11/h1-6,12-13,16H,7-9H2/t12-,13-/m1/s1. The van der Waals surface area contributed by atoms with Crippen LogP contribution in [0.4, 0.5) is 0 Å². The number of nitrogens with zero attached hydrogens (tertiary/aromatic N) is 1. The molecule has 2 fully saturated rings. The molecule has 20 heavy (non-hydrogen) atoms. The van der Waals surface area contributed by atoms with Crippen molar-refractivity contribution < 1.29 is 23.4 Å². The smallest absolute Gasteiger partial charge is 0.172 e. The van der Waals surface area contributed by atoms with Crippen molar-refractivity contribution in [2.45, 2.75) is 18.0 Å². The molecule has 2 aliphatic rings. The fraction of sp³-hybridized carbons (Fsp3) is 0.429. The predicted molar refractivity (Wildman–Crippen MR) is 66.5 cm³/mol. The summed E-state index contributed by atoms with van der Waals surface area (Å²) in [4.78, 5) is 1.99. The molecule has 4 heterocycles. The Morgan fingerprint density at radius 2 is 1.60 bits per heavy atom. The lowest BCUT2D eigenvalue weighted by Gasteiger charge is -2.30. The van der Waals surface area contributed by atoms with Crippen molar-refractivity contribution >= 4 is 0 Å². The van der Waals surface area contributed by atoms with Gasteiger partial charge in [-0.15, -0.1) is 0 Å². The Bertz CT molecular complexity index is 518. The van der Waals surface area contributed by atoms with Crippen LogP contribution in [0.15, 0.2) is 45.6 Å². The van der Waals surface area contributed by atoms with Gasteiger partial charge in [0.05, 0.1) is 37.9 Å². The third kappa shape index (κ3) is 1.59. The summed E-state index contributed by atoms with van der Waals surface area (Å²) < 4.78 is 22.6. The Morgan fingerprint density at radius 3 is 2.00 bits per heavy atom. The molecule has 106 valence electrons. The molecule has 2 aromatic heterocycles. The van der Waals surface area contributed by atoms with E-state index in [0.717, 1.165) is 0 Å². The number of hydrogen-bond donors (Lipinski definition) is 1. The molecule has 2 atom stereocenters. The van der Waals surface area contributed by atoms with Crippen molar-refractivity contribution in [2.24, 2.45) is 0 Å². The summed E-state index contributed by atoms with van der Waals surface area (Å²) in [5, 5.41) is 9.79. The van der Waals surface area contributed by atoms with Crippen molar-refractivity contribution in [3.63, 3.8) is 0 Å². The molecule has 0 amide bonds. The van der Waals surface area contributed by atoms with Crippen LogP contribution in [-0.2, 0) is 9.47 Å². The zero-order chi connectivity index (χ0) is 13.6. The Kier molecular flexibility index (Phi) is 2.71. The fourth-order valence-corrected chi connectivity index (χ4v) is 2.91. The molecular formula is C14H15NO5. The highest BCUT2D eigenvalue weighted by molar-refractivity contribution is 5.15. The molecule has 0 aliphatic carbocycles. The van der Waals surface area contributed by atoms with E-state index >= 15 is 0 Å². The first-order chi connectivity index (χ1) is 9.84. The summed E-state index contributed by atoms with van der Waals surface area (Å²) in [6.07, 6.45) is 2.46. The van der Waals surface area contributed by atoms with Crippen molar-refractivity contribution in [3.8, 4) is 0 Å². The first kappa shape index (κ1) is 12.2. The highest BCUT2D eigenvalue weighted by Crippen LogP contribution is 2.48. The number of aliphatic hydroxyl groups is 1. The van der Waals surface area contributed by atoms with Gasteiger partial charge in [-0.3, -0.25) is 0 Å².